The number of hydrogen-bond acceptors (Lipinski definition) is 2. The Bertz CT molecular complexity index is 493. The number of carbonyl (C=O) groups is 2. The maximum Gasteiger partial charge on any atom is 0.325 e. The number of amides is 3. The number of benzene rings is 1. The van der Waals surface area contributed by atoms with Crippen LogP contribution in [0.3, 0.4) is 0 Å². The molecule has 1 N–H and O–H groups in total. The Labute approximate surface area is 107 Å². The molecule has 0 saturated carbocycles. The normalized spacial score (nSPS) is 23.7. The van der Waals surface area contributed by atoms with Crippen LogP contribution in [0.4, 0.5) is 4.79 Å². The molecular weight excluding hydrogens is 228 g/mol. The van der Waals surface area contributed by atoms with Gasteiger partial charge in [0.1, 0.15) is 5.54 Å². The van der Waals surface area contributed by atoms with Gasteiger partial charge in [-0.1, -0.05) is 38.1 Å². The highest BCUT2D eigenvalue weighted by atomic mass is 16.2. The average Bonchev–Trinajstić information content (AvgIpc) is 2.54. The maximum atomic E-state index is 12.1. The van der Waals surface area contributed by atoms with Crippen LogP contribution in [-0.2, 0) is 10.3 Å². The van der Waals surface area contributed by atoms with Crippen LogP contribution in [0.15, 0.2) is 24.3 Å². The van der Waals surface area contributed by atoms with Crippen molar-refractivity contribution in [2.24, 2.45) is 0 Å². The van der Waals surface area contributed by atoms with E-state index in [9.17, 15) is 9.59 Å². The van der Waals surface area contributed by atoms with Crippen molar-refractivity contribution in [3.63, 3.8) is 0 Å². The zero-order valence-electron chi connectivity index (χ0n) is 11.2. The molecule has 0 aromatic heterocycles. The lowest BCUT2D eigenvalue weighted by Crippen LogP contribution is -2.40. The molecule has 18 heavy (non-hydrogen) atoms. The highest BCUT2D eigenvalue weighted by Gasteiger charge is 2.47. The third kappa shape index (κ3) is 1.78. The second-order valence-electron chi connectivity index (χ2n) is 5.20. The Hall–Kier alpha value is -1.84. The van der Waals surface area contributed by atoms with Crippen LogP contribution in [0, 0.1) is 0 Å². The minimum Gasteiger partial charge on any atom is -0.319 e. The Kier molecular flexibility index (Phi) is 2.89. The third-order valence-corrected chi connectivity index (χ3v) is 3.55. The number of likely N-dealkylation sites (N-methyl/N-ethyl adjacent to an activating group) is 1. The Morgan fingerprint density at radius 2 is 1.72 bits per heavy atom. The van der Waals surface area contributed by atoms with E-state index in [4.69, 9.17) is 0 Å². The van der Waals surface area contributed by atoms with E-state index < -0.39 is 5.54 Å². The summed E-state index contributed by atoms with van der Waals surface area (Å²) in [6, 6.07) is 7.47. The standard InChI is InChI=1S/C14H18N2O2/c1-9(2)10-5-7-11(8-6-10)14(3)12(17)16(4)13(18)15-14/h5-9H,1-4H3,(H,15,18). The summed E-state index contributed by atoms with van der Waals surface area (Å²) in [7, 11) is 1.49. The number of nitrogens with zero attached hydrogens (tertiary/aromatic N) is 1. The van der Waals surface area contributed by atoms with Gasteiger partial charge in [-0.15, -0.1) is 0 Å². The number of imide groups is 1. The van der Waals surface area contributed by atoms with Crippen LogP contribution in [0.1, 0.15) is 37.8 Å². The van der Waals surface area contributed by atoms with Gasteiger partial charge in [0.05, 0.1) is 0 Å². The summed E-state index contributed by atoms with van der Waals surface area (Å²) in [5, 5.41) is 2.73. The van der Waals surface area contributed by atoms with E-state index in [0.29, 0.717) is 5.92 Å². The molecule has 1 aromatic rings. The van der Waals surface area contributed by atoms with Gasteiger partial charge in [-0.05, 0) is 24.0 Å². The SMILES string of the molecule is CC(C)c1ccc(C2(C)NC(=O)N(C)C2=O)cc1. The van der Waals surface area contributed by atoms with Gasteiger partial charge >= 0.3 is 6.03 Å². The van der Waals surface area contributed by atoms with Crippen molar-refractivity contribution in [2.45, 2.75) is 32.2 Å². The fourth-order valence-electron chi connectivity index (χ4n) is 2.18. The smallest absolute Gasteiger partial charge is 0.319 e. The first-order chi connectivity index (χ1) is 8.36. The quantitative estimate of drug-likeness (QED) is 0.813. The van der Waals surface area contributed by atoms with Gasteiger partial charge in [0.2, 0.25) is 0 Å². The predicted octanol–water partition coefficient (Wildman–Crippen LogP) is 2.21. The van der Waals surface area contributed by atoms with E-state index in [-0.39, 0.29) is 11.9 Å². The van der Waals surface area contributed by atoms with Crippen molar-refractivity contribution < 1.29 is 9.59 Å². The monoisotopic (exact) mass is 246 g/mol. The zero-order valence-corrected chi connectivity index (χ0v) is 11.2. The van der Waals surface area contributed by atoms with Crippen LogP contribution in [-0.4, -0.2) is 23.9 Å². The molecule has 1 saturated heterocycles. The van der Waals surface area contributed by atoms with E-state index in [2.05, 4.69) is 19.2 Å². The lowest BCUT2D eigenvalue weighted by molar-refractivity contribution is -0.130. The summed E-state index contributed by atoms with van der Waals surface area (Å²) < 4.78 is 0. The second kappa shape index (κ2) is 4.12. The molecule has 1 heterocycles. The van der Waals surface area contributed by atoms with Gasteiger partial charge in [-0.2, -0.15) is 0 Å². The first-order valence-electron chi connectivity index (χ1n) is 6.07. The minimum absolute atomic E-state index is 0.218. The molecule has 2 rings (SSSR count). The van der Waals surface area contributed by atoms with Crippen molar-refractivity contribution in [3.8, 4) is 0 Å². The summed E-state index contributed by atoms with van der Waals surface area (Å²) in [6.45, 7) is 5.97. The molecule has 1 aromatic carbocycles. The Morgan fingerprint density at radius 3 is 2.11 bits per heavy atom. The van der Waals surface area contributed by atoms with E-state index in [1.165, 1.54) is 12.6 Å². The molecule has 0 bridgehead atoms. The zero-order chi connectivity index (χ0) is 13.5. The lowest BCUT2D eigenvalue weighted by atomic mass is 9.90. The fraction of sp³-hybridized carbons (Fsp3) is 0.429. The number of carbonyl (C=O) groups excluding carboxylic acids is 2. The molecule has 1 unspecified atom stereocenters. The van der Waals surface area contributed by atoms with E-state index in [1.54, 1.807) is 6.92 Å². The summed E-state index contributed by atoms with van der Waals surface area (Å²) in [5.74, 6) is 0.230. The summed E-state index contributed by atoms with van der Waals surface area (Å²) >= 11 is 0. The summed E-state index contributed by atoms with van der Waals surface area (Å²) in [6.07, 6.45) is 0. The van der Waals surface area contributed by atoms with Crippen LogP contribution >= 0.6 is 0 Å². The molecule has 96 valence electrons. The highest BCUT2D eigenvalue weighted by Crippen LogP contribution is 2.29. The van der Waals surface area contributed by atoms with Gasteiger partial charge < -0.3 is 5.32 Å². The molecule has 3 amide bonds. The lowest BCUT2D eigenvalue weighted by Gasteiger charge is -2.22. The number of rotatable bonds is 2. The van der Waals surface area contributed by atoms with Crippen LogP contribution in [0.25, 0.3) is 0 Å². The fourth-order valence-corrected chi connectivity index (χ4v) is 2.18. The average molecular weight is 246 g/mol. The van der Waals surface area contributed by atoms with Crippen molar-refractivity contribution in [1.82, 2.24) is 10.2 Å². The molecule has 1 aliphatic rings. The highest BCUT2D eigenvalue weighted by molar-refractivity contribution is 6.06. The molecule has 1 atom stereocenters. The first-order valence-corrected chi connectivity index (χ1v) is 6.07. The third-order valence-electron chi connectivity index (χ3n) is 3.55. The van der Waals surface area contributed by atoms with Crippen molar-refractivity contribution >= 4 is 11.9 Å². The van der Waals surface area contributed by atoms with E-state index in [1.807, 2.05) is 24.3 Å². The van der Waals surface area contributed by atoms with Gasteiger partial charge in [0.25, 0.3) is 5.91 Å². The van der Waals surface area contributed by atoms with Crippen LogP contribution in [0.5, 0.6) is 0 Å². The minimum atomic E-state index is -0.943. The van der Waals surface area contributed by atoms with Crippen molar-refractivity contribution in [1.29, 1.82) is 0 Å². The van der Waals surface area contributed by atoms with Gasteiger partial charge in [0, 0.05) is 7.05 Å². The number of urea groups is 1. The van der Waals surface area contributed by atoms with E-state index >= 15 is 0 Å². The van der Waals surface area contributed by atoms with Gasteiger partial charge in [-0.25, -0.2) is 4.79 Å². The summed E-state index contributed by atoms with van der Waals surface area (Å²) in [4.78, 5) is 24.8. The van der Waals surface area contributed by atoms with Gasteiger partial charge in [-0.3, -0.25) is 9.69 Å². The van der Waals surface area contributed by atoms with Gasteiger partial charge in [0.15, 0.2) is 0 Å². The largest absolute Gasteiger partial charge is 0.325 e. The number of hydrogen-bond donors (Lipinski definition) is 1. The Balaban J connectivity index is 2.37. The van der Waals surface area contributed by atoms with Crippen molar-refractivity contribution in [2.75, 3.05) is 7.05 Å². The Morgan fingerprint density at radius 1 is 1.17 bits per heavy atom. The predicted molar refractivity (Wildman–Crippen MR) is 69.2 cm³/mol. The molecule has 0 spiro atoms. The molecule has 0 radical (unpaired) electrons. The van der Waals surface area contributed by atoms with Crippen LogP contribution in [0.2, 0.25) is 0 Å². The maximum absolute atomic E-state index is 12.1. The summed E-state index contributed by atoms with van der Waals surface area (Å²) in [5.41, 5.74) is 1.09. The molecule has 4 heteroatoms. The van der Waals surface area contributed by atoms with Crippen LogP contribution < -0.4 is 5.32 Å². The molecule has 1 fully saturated rings. The molecule has 1 aliphatic heterocycles. The first kappa shape index (κ1) is 12.6. The second-order valence-corrected chi connectivity index (χ2v) is 5.20. The molecule has 0 aliphatic carbocycles. The van der Waals surface area contributed by atoms with E-state index in [0.717, 1.165) is 10.5 Å². The van der Waals surface area contributed by atoms with Crippen molar-refractivity contribution in [3.05, 3.63) is 35.4 Å². The number of nitrogens with one attached hydrogen (secondary N) is 1. The topological polar surface area (TPSA) is 49.4 Å². The molecule has 4 nitrogen and oxygen atoms in total. The molecular formula is C14H18N2O2.